The lowest BCUT2D eigenvalue weighted by Crippen LogP contribution is -2.38. The summed E-state index contributed by atoms with van der Waals surface area (Å²) in [5.41, 5.74) is 4.73. The summed E-state index contributed by atoms with van der Waals surface area (Å²) in [6.45, 7) is 8.94. The Morgan fingerprint density at radius 2 is 1.84 bits per heavy atom. The number of carbonyl (C=O) groups is 1. The predicted octanol–water partition coefficient (Wildman–Crippen LogP) is 5.02. The number of fused-ring (bicyclic) bond motifs is 3. The first kappa shape index (κ1) is 16.6. The molecule has 0 radical (unpaired) electrons. The number of nitrogens with one attached hydrogen (secondary N) is 2. The Kier molecular flexibility index (Phi) is 3.91. The van der Waals surface area contributed by atoms with Crippen LogP contribution in [0.5, 0.6) is 0 Å². The third-order valence-corrected chi connectivity index (χ3v) is 6.59. The van der Waals surface area contributed by atoms with Gasteiger partial charge in [-0.2, -0.15) is 0 Å². The predicted molar refractivity (Wildman–Crippen MR) is 104 cm³/mol. The van der Waals surface area contributed by atoms with Crippen LogP contribution < -0.4 is 10.6 Å². The number of hydrogen-bond acceptors (Lipinski definition) is 3. The molecule has 0 bridgehead atoms. The van der Waals surface area contributed by atoms with Crippen LogP contribution in [0.3, 0.4) is 0 Å². The van der Waals surface area contributed by atoms with Crippen LogP contribution in [0.1, 0.15) is 72.2 Å². The van der Waals surface area contributed by atoms with Crippen LogP contribution >= 0.6 is 11.3 Å². The minimum atomic E-state index is -0.147. The standard InChI is InChI=1S/C21H26N2OS/c1-12-5-10-15-16(11-12)25-20-17(15)19(24)22-18(23-20)13-6-8-14(9-7-13)21(2,3)4/h6-9,12,18,23H,5,10-11H2,1-4H3,(H,22,24)/t12-,18-/m1/s1. The Balaban J connectivity index is 1.63. The minimum absolute atomic E-state index is 0.0747. The van der Waals surface area contributed by atoms with Crippen LogP contribution in [0.15, 0.2) is 24.3 Å². The number of hydrogen-bond donors (Lipinski definition) is 2. The van der Waals surface area contributed by atoms with E-state index in [4.69, 9.17) is 0 Å². The maximum absolute atomic E-state index is 12.8. The Morgan fingerprint density at radius 1 is 1.12 bits per heavy atom. The zero-order chi connectivity index (χ0) is 17.8. The molecule has 1 amide bonds. The van der Waals surface area contributed by atoms with Crippen molar-refractivity contribution in [2.45, 2.75) is 58.5 Å². The van der Waals surface area contributed by atoms with Gasteiger partial charge in [0.1, 0.15) is 11.2 Å². The van der Waals surface area contributed by atoms with Crippen molar-refractivity contribution in [1.29, 1.82) is 0 Å². The summed E-state index contributed by atoms with van der Waals surface area (Å²) >= 11 is 1.78. The van der Waals surface area contributed by atoms with Gasteiger partial charge in [0, 0.05) is 4.88 Å². The van der Waals surface area contributed by atoms with Gasteiger partial charge in [-0.1, -0.05) is 52.0 Å². The normalized spacial score (nSPS) is 22.6. The Morgan fingerprint density at radius 3 is 2.52 bits per heavy atom. The molecule has 2 atom stereocenters. The van der Waals surface area contributed by atoms with Crippen LogP contribution in [0.2, 0.25) is 0 Å². The summed E-state index contributed by atoms with van der Waals surface area (Å²) in [4.78, 5) is 14.2. The van der Waals surface area contributed by atoms with Crippen molar-refractivity contribution in [3.05, 3.63) is 51.4 Å². The fourth-order valence-corrected chi connectivity index (χ4v) is 5.24. The van der Waals surface area contributed by atoms with Crippen molar-refractivity contribution in [3.63, 3.8) is 0 Å². The van der Waals surface area contributed by atoms with Crippen LogP contribution in [0, 0.1) is 5.92 Å². The summed E-state index contributed by atoms with van der Waals surface area (Å²) < 4.78 is 0. The molecule has 0 saturated heterocycles. The van der Waals surface area contributed by atoms with Gasteiger partial charge >= 0.3 is 0 Å². The second kappa shape index (κ2) is 5.87. The van der Waals surface area contributed by atoms with Crippen LogP contribution in [0.4, 0.5) is 5.00 Å². The molecule has 1 aliphatic heterocycles. The molecule has 0 unspecified atom stereocenters. The second-order valence-corrected chi connectivity index (χ2v) is 9.58. The molecule has 25 heavy (non-hydrogen) atoms. The van der Waals surface area contributed by atoms with Gasteiger partial charge < -0.3 is 10.6 Å². The first-order valence-electron chi connectivity index (χ1n) is 9.15. The molecule has 2 aliphatic rings. The fourth-order valence-electron chi connectivity index (χ4n) is 3.81. The van der Waals surface area contributed by atoms with E-state index in [1.165, 1.54) is 22.4 Å². The lowest BCUT2D eigenvalue weighted by atomic mass is 9.86. The highest BCUT2D eigenvalue weighted by Gasteiger charge is 2.33. The van der Waals surface area contributed by atoms with E-state index in [-0.39, 0.29) is 17.5 Å². The smallest absolute Gasteiger partial charge is 0.256 e. The lowest BCUT2D eigenvalue weighted by Gasteiger charge is -2.28. The molecular weight excluding hydrogens is 328 g/mol. The molecule has 132 valence electrons. The Labute approximate surface area is 153 Å². The molecule has 2 aromatic rings. The van der Waals surface area contributed by atoms with Gasteiger partial charge in [0.15, 0.2) is 0 Å². The van der Waals surface area contributed by atoms with Gasteiger partial charge in [-0.3, -0.25) is 4.79 Å². The molecule has 4 heteroatoms. The minimum Gasteiger partial charge on any atom is -0.353 e. The number of carbonyl (C=O) groups excluding carboxylic acids is 1. The van der Waals surface area contributed by atoms with E-state index in [1.54, 1.807) is 11.3 Å². The average molecular weight is 355 g/mol. The highest BCUT2D eigenvalue weighted by atomic mass is 32.1. The molecule has 2 N–H and O–H groups in total. The zero-order valence-corrected chi connectivity index (χ0v) is 16.2. The van der Waals surface area contributed by atoms with Crippen molar-refractivity contribution in [2.24, 2.45) is 5.92 Å². The maximum atomic E-state index is 12.8. The van der Waals surface area contributed by atoms with E-state index in [9.17, 15) is 4.79 Å². The van der Waals surface area contributed by atoms with Crippen molar-refractivity contribution < 1.29 is 4.79 Å². The quantitative estimate of drug-likeness (QED) is 0.754. The topological polar surface area (TPSA) is 41.1 Å². The van der Waals surface area contributed by atoms with E-state index in [0.717, 1.165) is 34.9 Å². The highest BCUT2D eigenvalue weighted by molar-refractivity contribution is 7.16. The number of anilines is 1. The highest BCUT2D eigenvalue weighted by Crippen LogP contribution is 2.42. The third kappa shape index (κ3) is 2.97. The van der Waals surface area contributed by atoms with Gasteiger partial charge in [-0.15, -0.1) is 11.3 Å². The van der Waals surface area contributed by atoms with Gasteiger partial charge in [0.25, 0.3) is 5.91 Å². The SMILES string of the molecule is C[C@@H]1CCc2c(sc3c2C(=O)N[C@@H](c2ccc(C(C)(C)C)cc2)N3)C1. The van der Waals surface area contributed by atoms with Gasteiger partial charge in [-0.05, 0) is 47.3 Å². The molecule has 2 heterocycles. The molecule has 0 saturated carbocycles. The number of thiophene rings is 1. The van der Waals surface area contributed by atoms with Crippen molar-refractivity contribution in [3.8, 4) is 0 Å². The van der Waals surface area contributed by atoms with E-state index in [0.29, 0.717) is 0 Å². The first-order valence-corrected chi connectivity index (χ1v) is 9.97. The first-order chi connectivity index (χ1) is 11.8. The molecule has 1 aromatic heterocycles. The van der Waals surface area contributed by atoms with Crippen LogP contribution in [-0.2, 0) is 18.3 Å². The number of amides is 1. The van der Waals surface area contributed by atoms with Gasteiger partial charge in [0.05, 0.1) is 5.56 Å². The number of rotatable bonds is 1. The fraction of sp³-hybridized carbons (Fsp3) is 0.476. The Hall–Kier alpha value is -1.81. The zero-order valence-electron chi connectivity index (χ0n) is 15.4. The molecule has 4 rings (SSSR count). The molecular formula is C21H26N2OS. The summed E-state index contributed by atoms with van der Waals surface area (Å²) in [6.07, 6.45) is 3.17. The Bertz CT molecular complexity index is 814. The molecule has 0 fully saturated rings. The van der Waals surface area contributed by atoms with Crippen molar-refractivity contribution in [2.75, 3.05) is 5.32 Å². The van der Waals surface area contributed by atoms with Gasteiger partial charge in [0.2, 0.25) is 0 Å². The largest absolute Gasteiger partial charge is 0.353 e. The molecule has 1 aromatic carbocycles. The molecule has 0 spiro atoms. The monoisotopic (exact) mass is 354 g/mol. The summed E-state index contributed by atoms with van der Waals surface area (Å²) in [5, 5.41) is 7.76. The maximum Gasteiger partial charge on any atom is 0.256 e. The average Bonchev–Trinajstić information content (AvgIpc) is 2.91. The summed E-state index contributed by atoms with van der Waals surface area (Å²) in [5.74, 6) is 0.794. The van der Waals surface area contributed by atoms with Crippen molar-refractivity contribution in [1.82, 2.24) is 5.32 Å². The van der Waals surface area contributed by atoms with E-state index in [1.807, 2.05) is 0 Å². The van der Waals surface area contributed by atoms with E-state index in [2.05, 4.69) is 62.6 Å². The molecule has 3 nitrogen and oxygen atoms in total. The van der Waals surface area contributed by atoms with E-state index >= 15 is 0 Å². The lowest BCUT2D eigenvalue weighted by molar-refractivity contribution is 0.0935. The molecule has 1 aliphatic carbocycles. The van der Waals surface area contributed by atoms with Crippen LogP contribution in [0.25, 0.3) is 0 Å². The van der Waals surface area contributed by atoms with Crippen LogP contribution in [-0.4, -0.2) is 5.91 Å². The second-order valence-electron chi connectivity index (χ2n) is 8.48. The third-order valence-electron chi connectivity index (χ3n) is 5.40. The van der Waals surface area contributed by atoms with Gasteiger partial charge in [-0.25, -0.2) is 0 Å². The van der Waals surface area contributed by atoms with E-state index < -0.39 is 0 Å². The summed E-state index contributed by atoms with van der Waals surface area (Å²) in [6, 6.07) is 8.58. The van der Waals surface area contributed by atoms with Crippen molar-refractivity contribution >= 4 is 22.2 Å². The number of benzene rings is 1. The summed E-state index contributed by atoms with van der Waals surface area (Å²) in [7, 11) is 0.